The molecule has 0 aliphatic rings. The Morgan fingerprint density at radius 1 is 0.905 bits per heavy atom. The minimum absolute atomic E-state index is 0.376. The third-order valence-corrected chi connectivity index (χ3v) is 3.89. The molecule has 0 fully saturated rings. The molecule has 0 radical (unpaired) electrons. The van der Waals surface area contributed by atoms with E-state index in [0.29, 0.717) is 6.04 Å². The van der Waals surface area contributed by atoms with Crippen molar-refractivity contribution in [3.63, 3.8) is 0 Å². The van der Waals surface area contributed by atoms with Gasteiger partial charge in [-0.15, -0.1) is 0 Å². The van der Waals surface area contributed by atoms with E-state index in [9.17, 15) is 0 Å². The van der Waals surface area contributed by atoms with E-state index in [1.54, 1.807) is 0 Å². The van der Waals surface area contributed by atoms with E-state index in [0.717, 1.165) is 38.0 Å². The summed E-state index contributed by atoms with van der Waals surface area (Å²) in [6, 6.07) is 8.95. The van der Waals surface area contributed by atoms with Crippen LogP contribution in [0.2, 0.25) is 0 Å². The number of hydrogen-bond acceptors (Lipinski definition) is 2. The largest absolute Gasteiger partial charge is 0.494 e. The summed E-state index contributed by atoms with van der Waals surface area (Å²) in [5, 5.41) is 0. The summed E-state index contributed by atoms with van der Waals surface area (Å²) >= 11 is 0. The Labute approximate surface area is 131 Å². The first-order valence-corrected chi connectivity index (χ1v) is 8.73. The Kier molecular flexibility index (Phi) is 9.98. The number of ether oxygens (including phenoxy) is 1. The van der Waals surface area contributed by atoms with E-state index in [1.165, 1.54) is 37.7 Å². The van der Waals surface area contributed by atoms with Crippen LogP contribution in [-0.4, -0.2) is 12.6 Å². The third kappa shape index (κ3) is 8.77. The molecule has 1 aromatic carbocycles. The van der Waals surface area contributed by atoms with Gasteiger partial charge in [0.05, 0.1) is 6.61 Å². The number of rotatable bonds is 12. The van der Waals surface area contributed by atoms with Crippen molar-refractivity contribution in [2.24, 2.45) is 5.73 Å². The molecule has 21 heavy (non-hydrogen) atoms. The lowest BCUT2D eigenvalue weighted by molar-refractivity contribution is 0.305. The number of hydrogen-bond donors (Lipinski definition) is 1. The summed E-state index contributed by atoms with van der Waals surface area (Å²) in [6.07, 6.45) is 10.8. The van der Waals surface area contributed by atoms with Crippen LogP contribution in [0.5, 0.6) is 5.75 Å². The van der Waals surface area contributed by atoms with Gasteiger partial charge in [-0.05, 0) is 49.8 Å². The van der Waals surface area contributed by atoms with Gasteiger partial charge in [-0.25, -0.2) is 0 Å². The van der Waals surface area contributed by atoms with Gasteiger partial charge in [0.2, 0.25) is 0 Å². The number of unbranched alkanes of at least 4 members (excludes halogenated alkanes) is 3. The summed E-state index contributed by atoms with van der Waals surface area (Å²) in [5.41, 5.74) is 7.43. The molecule has 2 heteroatoms. The van der Waals surface area contributed by atoms with Crippen molar-refractivity contribution in [3.05, 3.63) is 29.8 Å². The predicted octanol–water partition coefficient (Wildman–Crippen LogP) is 5.10. The van der Waals surface area contributed by atoms with Crippen LogP contribution in [0.15, 0.2) is 24.3 Å². The van der Waals surface area contributed by atoms with Crippen molar-refractivity contribution in [1.29, 1.82) is 0 Å². The highest BCUT2D eigenvalue weighted by Gasteiger charge is 2.01. The van der Waals surface area contributed by atoms with Gasteiger partial charge in [-0.3, -0.25) is 0 Å². The summed E-state index contributed by atoms with van der Waals surface area (Å²) in [6.45, 7) is 5.26. The van der Waals surface area contributed by atoms with Crippen molar-refractivity contribution in [1.82, 2.24) is 0 Å². The van der Waals surface area contributed by atoms with E-state index in [-0.39, 0.29) is 0 Å². The molecule has 0 heterocycles. The first-order chi connectivity index (χ1) is 10.3. The van der Waals surface area contributed by atoms with Crippen molar-refractivity contribution < 1.29 is 4.74 Å². The van der Waals surface area contributed by atoms with Gasteiger partial charge in [0.1, 0.15) is 5.75 Å². The first-order valence-electron chi connectivity index (χ1n) is 8.73. The minimum atomic E-state index is 0.376. The number of aryl methyl sites for hydroxylation is 1. The van der Waals surface area contributed by atoms with Crippen LogP contribution in [0.4, 0.5) is 0 Å². The lowest BCUT2D eigenvalue weighted by Gasteiger charge is -2.10. The molecule has 1 unspecified atom stereocenters. The van der Waals surface area contributed by atoms with Gasteiger partial charge >= 0.3 is 0 Å². The smallest absolute Gasteiger partial charge is 0.119 e. The fourth-order valence-corrected chi connectivity index (χ4v) is 2.55. The molecule has 2 N–H and O–H groups in total. The van der Waals surface area contributed by atoms with Crippen LogP contribution >= 0.6 is 0 Å². The van der Waals surface area contributed by atoms with E-state index < -0.39 is 0 Å². The van der Waals surface area contributed by atoms with Gasteiger partial charge in [-0.2, -0.15) is 0 Å². The highest BCUT2D eigenvalue weighted by Crippen LogP contribution is 2.15. The average molecular weight is 291 g/mol. The monoisotopic (exact) mass is 291 g/mol. The van der Waals surface area contributed by atoms with E-state index in [1.807, 2.05) is 0 Å². The lowest BCUT2D eigenvalue weighted by atomic mass is 10.0. The van der Waals surface area contributed by atoms with E-state index in [4.69, 9.17) is 10.5 Å². The third-order valence-electron chi connectivity index (χ3n) is 3.89. The predicted molar refractivity (Wildman–Crippen MR) is 91.9 cm³/mol. The zero-order chi connectivity index (χ0) is 15.3. The van der Waals surface area contributed by atoms with Gasteiger partial charge in [0, 0.05) is 6.04 Å². The maximum Gasteiger partial charge on any atom is 0.119 e. The molecular formula is C19H33NO. The summed E-state index contributed by atoms with van der Waals surface area (Å²) < 4.78 is 5.76. The first kappa shape index (κ1) is 18.0. The van der Waals surface area contributed by atoms with Crippen LogP contribution < -0.4 is 10.5 Å². The lowest BCUT2D eigenvalue weighted by Crippen LogP contribution is -2.19. The fraction of sp³-hybridized carbons (Fsp3) is 0.684. The zero-order valence-electron chi connectivity index (χ0n) is 13.9. The van der Waals surface area contributed by atoms with Crippen LogP contribution in [0.3, 0.4) is 0 Å². The quantitative estimate of drug-likeness (QED) is 0.544. The van der Waals surface area contributed by atoms with Crippen molar-refractivity contribution in [2.45, 2.75) is 77.7 Å². The Bertz CT molecular complexity index is 347. The zero-order valence-corrected chi connectivity index (χ0v) is 13.9. The molecule has 0 spiro atoms. The number of nitrogens with two attached hydrogens (primary N) is 1. The molecule has 0 aliphatic carbocycles. The normalized spacial score (nSPS) is 12.3. The van der Waals surface area contributed by atoms with Crippen LogP contribution in [0.25, 0.3) is 0 Å². The Balaban J connectivity index is 2.18. The summed E-state index contributed by atoms with van der Waals surface area (Å²) in [4.78, 5) is 0. The van der Waals surface area contributed by atoms with Crippen LogP contribution in [-0.2, 0) is 6.42 Å². The molecule has 0 amide bonds. The molecule has 0 bridgehead atoms. The molecule has 0 saturated carbocycles. The van der Waals surface area contributed by atoms with Gasteiger partial charge in [0.15, 0.2) is 0 Å². The molecule has 1 atom stereocenters. The average Bonchev–Trinajstić information content (AvgIpc) is 2.49. The van der Waals surface area contributed by atoms with Crippen molar-refractivity contribution in [2.75, 3.05) is 6.61 Å². The maximum absolute atomic E-state index is 6.04. The fourth-order valence-electron chi connectivity index (χ4n) is 2.55. The summed E-state index contributed by atoms with van der Waals surface area (Å²) in [7, 11) is 0. The van der Waals surface area contributed by atoms with Crippen molar-refractivity contribution >= 4 is 0 Å². The molecular weight excluding hydrogens is 258 g/mol. The molecule has 0 aliphatic heterocycles. The summed E-state index contributed by atoms with van der Waals surface area (Å²) in [5.74, 6) is 0.998. The minimum Gasteiger partial charge on any atom is -0.494 e. The van der Waals surface area contributed by atoms with Crippen molar-refractivity contribution in [3.8, 4) is 5.75 Å². The molecule has 120 valence electrons. The van der Waals surface area contributed by atoms with Gasteiger partial charge < -0.3 is 10.5 Å². The second kappa shape index (κ2) is 11.6. The van der Waals surface area contributed by atoms with Crippen LogP contribution in [0, 0.1) is 0 Å². The Morgan fingerprint density at radius 3 is 2.33 bits per heavy atom. The highest BCUT2D eigenvalue weighted by atomic mass is 16.5. The molecule has 1 aromatic rings. The molecule has 0 saturated heterocycles. The molecule has 1 rings (SSSR count). The van der Waals surface area contributed by atoms with E-state index in [2.05, 4.69) is 38.1 Å². The van der Waals surface area contributed by atoms with Crippen LogP contribution in [0.1, 0.15) is 70.8 Å². The topological polar surface area (TPSA) is 35.2 Å². The SMILES string of the molecule is CCCCCCOc1ccc(CCCC(N)CCC)cc1. The maximum atomic E-state index is 6.04. The second-order valence-electron chi connectivity index (χ2n) is 5.99. The van der Waals surface area contributed by atoms with E-state index >= 15 is 0 Å². The van der Waals surface area contributed by atoms with Gasteiger partial charge in [-0.1, -0.05) is 51.7 Å². The number of benzene rings is 1. The Hall–Kier alpha value is -1.02. The Morgan fingerprint density at radius 2 is 1.67 bits per heavy atom. The molecule has 2 nitrogen and oxygen atoms in total. The molecule has 0 aromatic heterocycles. The van der Waals surface area contributed by atoms with Gasteiger partial charge in [0.25, 0.3) is 0 Å². The highest BCUT2D eigenvalue weighted by molar-refractivity contribution is 5.27. The second-order valence-corrected chi connectivity index (χ2v) is 5.99. The standard InChI is InChI=1S/C19H33NO/c1-3-5-6-7-16-21-19-14-12-17(13-15-19)10-8-11-18(20)9-4-2/h12-15,18H,3-11,16,20H2,1-2H3.